The van der Waals surface area contributed by atoms with Crippen LogP contribution in [-0.2, 0) is 0 Å². The molecule has 0 saturated heterocycles. The summed E-state index contributed by atoms with van der Waals surface area (Å²) in [6, 6.07) is 7.47. The first-order chi connectivity index (χ1) is 8.16. The molecule has 0 radical (unpaired) electrons. The summed E-state index contributed by atoms with van der Waals surface area (Å²) in [6.07, 6.45) is 0.687. The monoisotopic (exact) mass is 229 g/mol. The van der Waals surface area contributed by atoms with Gasteiger partial charge in [0, 0.05) is 13.0 Å². The van der Waals surface area contributed by atoms with Crippen molar-refractivity contribution in [3.63, 3.8) is 0 Å². The maximum atomic E-state index is 12.3. The number of rotatable bonds is 0. The van der Waals surface area contributed by atoms with Crippen LogP contribution in [0.25, 0.3) is 0 Å². The second-order valence-corrected chi connectivity index (χ2v) is 4.77. The molecule has 2 aliphatic heterocycles. The third-order valence-corrected chi connectivity index (χ3v) is 3.61. The van der Waals surface area contributed by atoms with Crippen LogP contribution in [0, 0.1) is 0 Å². The maximum absolute atomic E-state index is 12.3. The molecule has 3 rings (SSSR count). The predicted molar refractivity (Wildman–Crippen MR) is 64.9 cm³/mol. The molecule has 2 heterocycles. The van der Waals surface area contributed by atoms with Crippen LogP contribution in [0.15, 0.2) is 35.4 Å². The normalized spacial score (nSPS) is 23.1. The van der Waals surface area contributed by atoms with Gasteiger partial charge in [-0.3, -0.25) is 9.69 Å². The van der Waals surface area contributed by atoms with Crippen LogP contribution in [0.4, 0.5) is 0 Å². The van der Waals surface area contributed by atoms with E-state index in [4.69, 9.17) is 4.74 Å². The summed E-state index contributed by atoms with van der Waals surface area (Å²) in [5.74, 6) is 0.801. The Hall–Kier alpha value is -1.77. The zero-order chi connectivity index (χ0) is 12.0. The first kappa shape index (κ1) is 10.4. The first-order valence-electron chi connectivity index (χ1n) is 5.88. The molecule has 2 aliphatic rings. The number of benzene rings is 1. The van der Waals surface area contributed by atoms with E-state index in [1.807, 2.05) is 29.2 Å². The lowest BCUT2D eigenvalue weighted by atomic mass is 9.99. The predicted octanol–water partition coefficient (Wildman–Crippen LogP) is 2.59. The molecule has 1 aromatic carbocycles. The van der Waals surface area contributed by atoms with Crippen molar-refractivity contribution in [2.75, 3.05) is 6.54 Å². The standard InChI is InChI=1S/C14H15NO2/c1-9-7-13-15(8-10(9)2)14(16)11-5-3-4-6-12(11)17-13/h3-6,13H,7-8H2,1-2H3. The van der Waals surface area contributed by atoms with E-state index >= 15 is 0 Å². The molecular weight excluding hydrogens is 214 g/mol. The summed E-state index contributed by atoms with van der Waals surface area (Å²) in [6.45, 7) is 4.88. The zero-order valence-electron chi connectivity index (χ0n) is 10.1. The SMILES string of the molecule is CC1=C(C)CN2C(=O)c3ccccc3OC2C1. The minimum absolute atomic E-state index is 0.0868. The van der Waals surface area contributed by atoms with E-state index in [0.717, 1.165) is 6.42 Å². The maximum Gasteiger partial charge on any atom is 0.260 e. The third-order valence-electron chi connectivity index (χ3n) is 3.61. The Bertz CT molecular complexity index is 519. The Morgan fingerprint density at radius 2 is 2.00 bits per heavy atom. The van der Waals surface area contributed by atoms with Gasteiger partial charge in [-0.05, 0) is 26.0 Å². The molecule has 1 aromatic rings. The molecule has 0 aliphatic carbocycles. The van der Waals surface area contributed by atoms with Crippen molar-refractivity contribution in [3.8, 4) is 5.75 Å². The van der Waals surface area contributed by atoms with Crippen LogP contribution < -0.4 is 4.74 Å². The minimum atomic E-state index is -0.124. The van der Waals surface area contributed by atoms with Gasteiger partial charge in [-0.2, -0.15) is 0 Å². The Labute approximate surface area is 101 Å². The van der Waals surface area contributed by atoms with Crippen molar-refractivity contribution in [3.05, 3.63) is 41.0 Å². The van der Waals surface area contributed by atoms with Crippen LogP contribution >= 0.6 is 0 Å². The van der Waals surface area contributed by atoms with Gasteiger partial charge in [-0.25, -0.2) is 0 Å². The molecule has 3 heteroatoms. The summed E-state index contributed by atoms with van der Waals surface area (Å²) >= 11 is 0. The fourth-order valence-corrected chi connectivity index (χ4v) is 2.39. The number of carbonyl (C=O) groups excluding carboxylic acids is 1. The van der Waals surface area contributed by atoms with Crippen molar-refractivity contribution in [1.29, 1.82) is 0 Å². The van der Waals surface area contributed by atoms with Crippen molar-refractivity contribution in [1.82, 2.24) is 4.90 Å². The molecule has 0 fully saturated rings. The highest BCUT2D eigenvalue weighted by Gasteiger charge is 2.36. The number of para-hydroxylation sites is 1. The molecule has 0 aromatic heterocycles. The topological polar surface area (TPSA) is 29.5 Å². The van der Waals surface area contributed by atoms with E-state index in [2.05, 4.69) is 13.8 Å². The van der Waals surface area contributed by atoms with Gasteiger partial charge in [-0.1, -0.05) is 23.3 Å². The van der Waals surface area contributed by atoms with Gasteiger partial charge in [0.2, 0.25) is 0 Å². The van der Waals surface area contributed by atoms with Crippen molar-refractivity contribution in [2.24, 2.45) is 0 Å². The molecule has 17 heavy (non-hydrogen) atoms. The molecule has 1 amide bonds. The molecule has 0 bridgehead atoms. The van der Waals surface area contributed by atoms with Crippen LogP contribution in [0.3, 0.4) is 0 Å². The van der Waals surface area contributed by atoms with E-state index < -0.39 is 0 Å². The average Bonchev–Trinajstić information content (AvgIpc) is 2.32. The Morgan fingerprint density at radius 3 is 2.82 bits per heavy atom. The van der Waals surface area contributed by atoms with Crippen LogP contribution in [-0.4, -0.2) is 23.6 Å². The second kappa shape index (κ2) is 3.62. The average molecular weight is 229 g/mol. The Balaban J connectivity index is 2.02. The quantitative estimate of drug-likeness (QED) is 0.640. The number of hydrogen-bond donors (Lipinski definition) is 0. The van der Waals surface area contributed by atoms with Gasteiger partial charge < -0.3 is 4.74 Å². The highest BCUT2D eigenvalue weighted by atomic mass is 16.5. The molecule has 1 unspecified atom stereocenters. The summed E-state index contributed by atoms with van der Waals surface area (Å²) < 4.78 is 5.90. The smallest absolute Gasteiger partial charge is 0.260 e. The Kier molecular flexibility index (Phi) is 2.21. The fraction of sp³-hybridized carbons (Fsp3) is 0.357. The first-order valence-corrected chi connectivity index (χ1v) is 5.88. The fourth-order valence-electron chi connectivity index (χ4n) is 2.39. The van der Waals surface area contributed by atoms with E-state index in [-0.39, 0.29) is 12.1 Å². The van der Waals surface area contributed by atoms with E-state index in [9.17, 15) is 4.79 Å². The number of hydrogen-bond acceptors (Lipinski definition) is 2. The van der Waals surface area contributed by atoms with E-state index in [1.54, 1.807) is 0 Å². The van der Waals surface area contributed by atoms with Gasteiger partial charge in [0.05, 0.1) is 5.56 Å². The van der Waals surface area contributed by atoms with Crippen molar-refractivity contribution >= 4 is 5.91 Å². The number of amides is 1. The summed E-state index contributed by atoms with van der Waals surface area (Å²) in [4.78, 5) is 14.2. The Morgan fingerprint density at radius 1 is 1.24 bits per heavy atom. The van der Waals surface area contributed by atoms with Crippen molar-refractivity contribution in [2.45, 2.75) is 26.5 Å². The van der Waals surface area contributed by atoms with Crippen LogP contribution in [0.2, 0.25) is 0 Å². The minimum Gasteiger partial charge on any atom is -0.469 e. The van der Waals surface area contributed by atoms with Crippen molar-refractivity contribution < 1.29 is 9.53 Å². The van der Waals surface area contributed by atoms with Gasteiger partial charge >= 0.3 is 0 Å². The number of fused-ring (bicyclic) bond motifs is 2. The van der Waals surface area contributed by atoms with Crippen LogP contribution in [0.5, 0.6) is 5.75 Å². The molecule has 88 valence electrons. The van der Waals surface area contributed by atoms with Gasteiger partial charge in [0.15, 0.2) is 6.23 Å². The zero-order valence-corrected chi connectivity index (χ0v) is 10.1. The number of carbonyl (C=O) groups is 1. The lowest BCUT2D eigenvalue weighted by molar-refractivity contribution is 0.00960. The van der Waals surface area contributed by atoms with Crippen LogP contribution in [0.1, 0.15) is 30.6 Å². The number of nitrogens with zero attached hydrogens (tertiary/aromatic N) is 1. The molecule has 0 spiro atoms. The van der Waals surface area contributed by atoms with Gasteiger partial charge in [0.1, 0.15) is 5.75 Å². The largest absolute Gasteiger partial charge is 0.469 e. The van der Waals surface area contributed by atoms with Gasteiger partial charge in [-0.15, -0.1) is 0 Å². The molecule has 0 N–H and O–H groups in total. The molecular formula is C14H15NO2. The molecule has 1 atom stereocenters. The third kappa shape index (κ3) is 1.54. The second-order valence-electron chi connectivity index (χ2n) is 4.77. The highest BCUT2D eigenvalue weighted by Crippen LogP contribution is 2.33. The summed E-state index contributed by atoms with van der Waals surface area (Å²) in [5, 5.41) is 0. The van der Waals surface area contributed by atoms with E-state index in [1.165, 1.54) is 11.1 Å². The lowest BCUT2D eigenvalue weighted by Crippen LogP contribution is -2.50. The summed E-state index contributed by atoms with van der Waals surface area (Å²) in [5.41, 5.74) is 3.28. The van der Waals surface area contributed by atoms with E-state index in [0.29, 0.717) is 17.9 Å². The number of ether oxygens (including phenoxy) is 1. The summed E-state index contributed by atoms with van der Waals surface area (Å²) in [7, 11) is 0. The highest BCUT2D eigenvalue weighted by molar-refractivity contribution is 5.98. The molecule has 0 saturated carbocycles. The molecule has 3 nitrogen and oxygen atoms in total. The lowest BCUT2D eigenvalue weighted by Gasteiger charge is -2.40. The van der Waals surface area contributed by atoms with Gasteiger partial charge in [0.25, 0.3) is 5.91 Å².